The lowest BCUT2D eigenvalue weighted by Gasteiger charge is -2.28. The summed E-state index contributed by atoms with van der Waals surface area (Å²) in [7, 11) is 1.19. The van der Waals surface area contributed by atoms with E-state index >= 15 is 0 Å². The summed E-state index contributed by atoms with van der Waals surface area (Å²) in [6, 6.07) is 0. The molecule has 0 radical (unpaired) electrons. The highest BCUT2D eigenvalue weighted by Gasteiger charge is 2.22. The topological polar surface area (TPSA) is 111 Å². The van der Waals surface area contributed by atoms with Gasteiger partial charge in [-0.3, -0.25) is 14.2 Å². The van der Waals surface area contributed by atoms with E-state index in [-0.39, 0.29) is 32.0 Å². The van der Waals surface area contributed by atoms with E-state index < -0.39 is 26.5 Å². The van der Waals surface area contributed by atoms with E-state index in [1.807, 2.05) is 21.1 Å². The zero-order chi connectivity index (χ0) is 59.8. The molecule has 10 heteroatoms. The van der Waals surface area contributed by atoms with Crippen LogP contribution in [0.25, 0.3) is 0 Å². The van der Waals surface area contributed by atoms with Gasteiger partial charge in [-0.15, -0.1) is 0 Å². The monoisotopic (exact) mass is 1180 g/mol. The number of carbonyl (C=O) groups excluding carboxylic acids is 2. The van der Waals surface area contributed by atoms with Gasteiger partial charge in [0, 0.05) is 12.8 Å². The number of likely N-dealkylation sites (N-methyl/N-ethyl adjacent to an activating group) is 1. The van der Waals surface area contributed by atoms with E-state index in [4.69, 9.17) is 18.5 Å². The lowest BCUT2D eigenvalue weighted by molar-refractivity contribution is -0.870. The number of nitrogens with zero attached hydrogens (tertiary/aromatic N) is 1. The number of quaternary nitrogens is 1. The Morgan fingerprint density at radius 2 is 0.622 bits per heavy atom. The number of hydrogen-bond donors (Lipinski definition) is 0. The highest BCUT2D eigenvalue weighted by Crippen LogP contribution is 2.38. The highest BCUT2D eigenvalue weighted by molar-refractivity contribution is 7.45. The highest BCUT2D eigenvalue weighted by atomic mass is 31.2. The first-order valence-electron chi connectivity index (χ1n) is 36.4. The molecule has 2 atom stereocenters. The lowest BCUT2D eigenvalue weighted by Crippen LogP contribution is -2.37. The summed E-state index contributed by atoms with van der Waals surface area (Å²) in [5.74, 6) is -0.806. The molecule has 0 aromatic heterocycles. The molecule has 0 bridgehead atoms. The first-order chi connectivity index (χ1) is 40.0. The van der Waals surface area contributed by atoms with Crippen molar-refractivity contribution in [2.24, 2.45) is 0 Å². The van der Waals surface area contributed by atoms with Gasteiger partial charge in [-0.2, -0.15) is 0 Å². The van der Waals surface area contributed by atoms with Crippen molar-refractivity contribution in [3.8, 4) is 0 Å². The second kappa shape index (κ2) is 64.2. The number of hydrogen-bond acceptors (Lipinski definition) is 8. The molecule has 0 heterocycles. The zero-order valence-electron chi connectivity index (χ0n) is 55.7. The molecule has 0 aromatic carbocycles. The van der Waals surface area contributed by atoms with Crippen LogP contribution in [0.2, 0.25) is 0 Å². The minimum absolute atomic E-state index is 0.0260. The van der Waals surface area contributed by atoms with E-state index in [1.165, 1.54) is 321 Å². The van der Waals surface area contributed by atoms with E-state index in [9.17, 15) is 19.0 Å². The van der Waals surface area contributed by atoms with Crippen molar-refractivity contribution >= 4 is 19.8 Å². The van der Waals surface area contributed by atoms with Gasteiger partial charge >= 0.3 is 11.9 Å². The zero-order valence-corrected chi connectivity index (χ0v) is 56.6. The van der Waals surface area contributed by atoms with Crippen LogP contribution >= 0.6 is 7.82 Å². The Hall–Kier alpha value is -1.25. The normalized spacial score (nSPS) is 13.1. The number of esters is 2. The molecular formula is C72H142NO8P. The Morgan fingerprint density at radius 3 is 0.902 bits per heavy atom. The average Bonchev–Trinajstić information content (AvgIpc) is 3.45. The third-order valence-corrected chi connectivity index (χ3v) is 17.7. The van der Waals surface area contributed by atoms with Crippen molar-refractivity contribution in [1.29, 1.82) is 0 Å². The molecule has 0 N–H and O–H groups in total. The number of phosphoric acid groups is 1. The predicted molar refractivity (Wildman–Crippen MR) is 352 cm³/mol. The maximum Gasteiger partial charge on any atom is 0.306 e. The van der Waals surface area contributed by atoms with Gasteiger partial charge in [-0.1, -0.05) is 347 Å². The maximum atomic E-state index is 12.9. The minimum Gasteiger partial charge on any atom is -0.756 e. The van der Waals surface area contributed by atoms with E-state index in [0.29, 0.717) is 17.4 Å². The molecule has 0 fully saturated rings. The predicted octanol–water partition coefficient (Wildman–Crippen LogP) is 22.9. The van der Waals surface area contributed by atoms with Crippen molar-refractivity contribution in [3.63, 3.8) is 0 Å². The molecule has 0 saturated heterocycles. The van der Waals surface area contributed by atoms with Crippen LogP contribution in [0, 0.1) is 0 Å². The van der Waals surface area contributed by atoms with Gasteiger partial charge < -0.3 is 27.9 Å². The summed E-state index contributed by atoms with van der Waals surface area (Å²) >= 11 is 0. The molecule has 0 aliphatic carbocycles. The minimum atomic E-state index is -4.64. The van der Waals surface area contributed by atoms with Crippen LogP contribution in [0.1, 0.15) is 386 Å². The van der Waals surface area contributed by atoms with E-state index in [2.05, 4.69) is 26.0 Å². The van der Waals surface area contributed by atoms with Crippen LogP contribution < -0.4 is 4.89 Å². The van der Waals surface area contributed by atoms with Gasteiger partial charge in [-0.25, -0.2) is 0 Å². The summed E-state index contributed by atoms with van der Waals surface area (Å²) in [5.41, 5.74) is 0. The fourth-order valence-corrected chi connectivity index (χ4v) is 11.9. The van der Waals surface area contributed by atoms with E-state index in [1.54, 1.807) is 0 Å². The van der Waals surface area contributed by atoms with Gasteiger partial charge in [0.2, 0.25) is 0 Å². The molecule has 82 heavy (non-hydrogen) atoms. The lowest BCUT2D eigenvalue weighted by atomic mass is 10.0. The fraction of sp³-hybridized carbons (Fsp3) is 0.944. The third kappa shape index (κ3) is 67.9. The Labute approximate surface area is 511 Å². The van der Waals surface area contributed by atoms with Crippen LogP contribution in [-0.2, 0) is 32.7 Å². The van der Waals surface area contributed by atoms with Gasteiger partial charge in [0.25, 0.3) is 7.82 Å². The maximum absolute atomic E-state index is 12.9. The van der Waals surface area contributed by atoms with Crippen LogP contribution in [-0.4, -0.2) is 70.0 Å². The van der Waals surface area contributed by atoms with Crippen LogP contribution in [0.5, 0.6) is 0 Å². The van der Waals surface area contributed by atoms with Gasteiger partial charge in [0.05, 0.1) is 27.7 Å². The summed E-state index contributed by atoms with van der Waals surface area (Å²) in [6.45, 7) is 4.33. The Kier molecular flexibility index (Phi) is 63.3. The second-order valence-corrected chi connectivity index (χ2v) is 27.7. The third-order valence-electron chi connectivity index (χ3n) is 16.8. The number of allylic oxidation sites excluding steroid dienone is 2. The van der Waals surface area contributed by atoms with Crippen LogP contribution in [0.15, 0.2) is 12.2 Å². The quantitative estimate of drug-likeness (QED) is 0.0195. The van der Waals surface area contributed by atoms with Crippen molar-refractivity contribution in [2.45, 2.75) is 392 Å². The SMILES string of the molecule is CCCCCCCCCC/C=C\CCCCCCCCCCCCCCCCCCCC(=O)OC(COC(=O)CCCCCCCCCCCCCCCCCCCCCCCCCCCCCCC)COP(=O)([O-])OCC[N+](C)(C)C. The van der Waals surface area contributed by atoms with Crippen LogP contribution in [0.4, 0.5) is 0 Å². The fourth-order valence-electron chi connectivity index (χ4n) is 11.2. The number of unbranched alkanes of at least 4 members (excludes halogenated alkanes) is 53. The van der Waals surface area contributed by atoms with Crippen LogP contribution in [0.3, 0.4) is 0 Å². The number of phosphoric ester groups is 1. The Morgan fingerprint density at radius 1 is 0.366 bits per heavy atom. The van der Waals surface area contributed by atoms with Gasteiger partial charge in [-0.05, 0) is 38.5 Å². The molecule has 0 amide bonds. The Bertz CT molecular complexity index is 1390. The van der Waals surface area contributed by atoms with Crippen molar-refractivity contribution in [2.75, 3.05) is 47.5 Å². The summed E-state index contributed by atoms with van der Waals surface area (Å²) in [6.07, 6.45) is 78.8. The molecule has 0 spiro atoms. The number of carbonyl (C=O) groups is 2. The molecule has 0 aliphatic heterocycles. The van der Waals surface area contributed by atoms with Crippen molar-refractivity contribution < 1.29 is 42.1 Å². The van der Waals surface area contributed by atoms with Crippen molar-refractivity contribution in [3.05, 3.63) is 12.2 Å². The van der Waals surface area contributed by atoms with E-state index in [0.717, 1.165) is 32.1 Å². The molecule has 0 aromatic rings. The molecule has 0 aliphatic rings. The number of rotatable bonds is 69. The first kappa shape index (κ1) is 80.8. The molecule has 488 valence electrons. The average molecular weight is 1180 g/mol. The molecule has 0 saturated carbocycles. The van der Waals surface area contributed by atoms with Gasteiger partial charge in [0.1, 0.15) is 19.8 Å². The molecule has 2 unspecified atom stereocenters. The number of ether oxygens (including phenoxy) is 2. The van der Waals surface area contributed by atoms with Crippen molar-refractivity contribution in [1.82, 2.24) is 0 Å². The molecule has 9 nitrogen and oxygen atoms in total. The van der Waals surface area contributed by atoms with Gasteiger partial charge in [0.15, 0.2) is 6.10 Å². The summed E-state index contributed by atoms with van der Waals surface area (Å²) < 4.78 is 34.4. The summed E-state index contributed by atoms with van der Waals surface area (Å²) in [5, 5.41) is 0. The molecular weight excluding hydrogens is 1040 g/mol. The first-order valence-corrected chi connectivity index (χ1v) is 37.9. The smallest absolute Gasteiger partial charge is 0.306 e. The second-order valence-electron chi connectivity index (χ2n) is 26.3. The standard InChI is InChI=1S/C72H142NO8P/c1-6-8-10-12-14-16-18-20-22-24-26-28-30-32-34-36-38-40-42-44-46-48-50-52-54-56-58-60-62-64-71(74)78-68-70(69-80-82(76,77)79-67-66-73(3,4)5)81-72(75)65-63-61-59-57-55-53-51-49-47-45-43-41-39-37-35-33-31-29-27-25-23-21-19-17-15-13-11-9-7-2/h25,27,70H,6-24,26,28-69H2,1-5H3/b27-25-. The summed E-state index contributed by atoms with van der Waals surface area (Å²) in [4.78, 5) is 38.1. The Balaban J connectivity index is 3.96. The largest absolute Gasteiger partial charge is 0.756 e. The molecule has 0 rings (SSSR count).